The predicted molar refractivity (Wildman–Crippen MR) is 86.0 cm³/mol. The van der Waals surface area contributed by atoms with Crippen molar-refractivity contribution < 1.29 is 5.11 Å². The zero-order valence-electron chi connectivity index (χ0n) is 11.4. The second-order valence-corrected chi connectivity index (χ2v) is 5.15. The smallest absolute Gasteiger partial charge is 0.143 e. The summed E-state index contributed by atoms with van der Waals surface area (Å²) < 4.78 is 0. The molecular weight excluding hydrogens is 284 g/mol. The first-order valence-corrected chi connectivity index (χ1v) is 6.92. The second-order valence-electron chi connectivity index (χ2n) is 4.74. The van der Waals surface area contributed by atoms with Crippen molar-refractivity contribution in [1.82, 2.24) is 0 Å². The van der Waals surface area contributed by atoms with E-state index in [1.165, 1.54) is 0 Å². The van der Waals surface area contributed by atoms with E-state index in [1.54, 1.807) is 6.07 Å². The second kappa shape index (κ2) is 5.54. The molecule has 0 fully saturated rings. The molecule has 3 aromatic carbocycles. The Morgan fingerprint density at radius 3 is 2.57 bits per heavy atom. The quantitative estimate of drug-likeness (QED) is 0.586. The molecule has 1 N–H and O–H groups in total. The SMILES string of the molecule is Cc1c(Cl)cccc1N=Nc1c(O)ccc2ccccc12. The van der Waals surface area contributed by atoms with Crippen LogP contribution >= 0.6 is 11.6 Å². The number of fused-ring (bicyclic) bond motifs is 1. The molecule has 0 unspecified atom stereocenters. The Morgan fingerprint density at radius 1 is 0.905 bits per heavy atom. The Labute approximate surface area is 127 Å². The van der Waals surface area contributed by atoms with Crippen LogP contribution in [0.3, 0.4) is 0 Å². The lowest BCUT2D eigenvalue weighted by atomic mass is 10.1. The Hall–Kier alpha value is -2.39. The van der Waals surface area contributed by atoms with Crippen molar-refractivity contribution in [2.45, 2.75) is 6.92 Å². The summed E-state index contributed by atoms with van der Waals surface area (Å²) in [6.07, 6.45) is 0. The fourth-order valence-corrected chi connectivity index (χ4v) is 2.33. The van der Waals surface area contributed by atoms with Gasteiger partial charge in [-0.05, 0) is 36.1 Å². The molecule has 104 valence electrons. The summed E-state index contributed by atoms with van der Waals surface area (Å²) in [6.45, 7) is 1.89. The Bertz CT molecular complexity index is 843. The van der Waals surface area contributed by atoms with Gasteiger partial charge in [0.1, 0.15) is 11.4 Å². The molecule has 0 atom stereocenters. The molecule has 0 saturated heterocycles. The molecular formula is C17H13ClN2O. The first-order chi connectivity index (χ1) is 10.2. The fourth-order valence-electron chi connectivity index (χ4n) is 2.16. The molecule has 21 heavy (non-hydrogen) atoms. The van der Waals surface area contributed by atoms with Gasteiger partial charge in [-0.1, -0.05) is 48.0 Å². The highest BCUT2D eigenvalue weighted by Crippen LogP contribution is 2.36. The predicted octanol–water partition coefficient (Wildman–Crippen LogP) is 5.92. The van der Waals surface area contributed by atoms with Crippen molar-refractivity contribution in [3.05, 3.63) is 65.2 Å². The Morgan fingerprint density at radius 2 is 1.71 bits per heavy atom. The minimum absolute atomic E-state index is 0.108. The number of nitrogens with zero attached hydrogens (tertiary/aromatic N) is 2. The lowest BCUT2D eigenvalue weighted by Crippen LogP contribution is -1.77. The number of aromatic hydroxyl groups is 1. The van der Waals surface area contributed by atoms with E-state index >= 15 is 0 Å². The highest BCUT2D eigenvalue weighted by atomic mass is 35.5. The van der Waals surface area contributed by atoms with E-state index in [9.17, 15) is 5.11 Å². The number of azo groups is 1. The number of phenolic OH excluding ortho intramolecular Hbond substituents is 1. The zero-order valence-corrected chi connectivity index (χ0v) is 12.2. The maximum absolute atomic E-state index is 10.0. The van der Waals surface area contributed by atoms with Crippen LogP contribution in [-0.4, -0.2) is 5.11 Å². The van der Waals surface area contributed by atoms with Crippen LogP contribution in [0.1, 0.15) is 5.56 Å². The average Bonchev–Trinajstić information content (AvgIpc) is 2.50. The van der Waals surface area contributed by atoms with Crippen LogP contribution in [0, 0.1) is 6.92 Å². The fraction of sp³-hybridized carbons (Fsp3) is 0.0588. The summed E-state index contributed by atoms with van der Waals surface area (Å²) in [5.41, 5.74) is 2.02. The van der Waals surface area contributed by atoms with Gasteiger partial charge < -0.3 is 5.11 Å². The van der Waals surface area contributed by atoms with Crippen molar-refractivity contribution in [3.8, 4) is 5.75 Å². The van der Waals surface area contributed by atoms with E-state index in [0.717, 1.165) is 16.3 Å². The third-order valence-electron chi connectivity index (χ3n) is 3.38. The van der Waals surface area contributed by atoms with Gasteiger partial charge in [0, 0.05) is 10.4 Å². The number of hydrogen-bond acceptors (Lipinski definition) is 3. The summed E-state index contributed by atoms with van der Waals surface area (Å²) in [6, 6.07) is 16.7. The van der Waals surface area contributed by atoms with Crippen molar-refractivity contribution in [3.63, 3.8) is 0 Å². The van der Waals surface area contributed by atoms with Gasteiger partial charge in [0.25, 0.3) is 0 Å². The van der Waals surface area contributed by atoms with Gasteiger partial charge in [-0.25, -0.2) is 0 Å². The summed E-state index contributed by atoms with van der Waals surface area (Å²) in [4.78, 5) is 0. The Kier molecular flexibility index (Phi) is 3.59. The highest BCUT2D eigenvalue weighted by Gasteiger charge is 2.06. The summed E-state index contributed by atoms with van der Waals surface area (Å²) in [7, 11) is 0. The van der Waals surface area contributed by atoms with E-state index < -0.39 is 0 Å². The molecule has 4 heteroatoms. The molecule has 0 spiro atoms. The molecule has 3 nitrogen and oxygen atoms in total. The van der Waals surface area contributed by atoms with Crippen molar-refractivity contribution in [1.29, 1.82) is 0 Å². The van der Waals surface area contributed by atoms with Crippen LogP contribution in [-0.2, 0) is 0 Å². The summed E-state index contributed by atoms with van der Waals surface area (Å²) >= 11 is 6.07. The molecule has 3 rings (SSSR count). The van der Waals surface area contributed by atoms with E-state index in [0.29, 0.717) is 16.4 Å². The first-order valence-electron chi connectivity index (χ1n) is 6.54. The van der Waals surface area contributed by atoms with Crippen LogP contribution in [0.4, 0.5) is 11.4 Å². The molecule has 0 aliphatic rings. The molecule has 0 aliphatic heterocycles. The standard InChI is InChI=1S/C17H13ClN2O/c1-11-14(18)7-4-8-15(11)19-20-17-13-6-3-2-5-12(13)9-10-16(17)21/h2-10,21H,1H3. The van der Waals surface area contributed by atoms with Crippen molar-refractivity contribution in [2.75, 3.05) is 0 Å². The molecule has 3 aromatic rings. The molecule has 0 saturated carbocycles. The van der Waals surface area contributed by atoms with Crippen molar-refractivity contribution in [2.24, 2.45) is 10.2 Å². The normalized spacial score (nSPS) is 11.3. The number of halogens is 1. The summed E-state index contributed by atoms with van der Waals surface area (Å²) in [5.74, 6) is 0.108. The highest BCUT2D eigenvalue weighted by molar-refractivity contribution is 6.31. The van der Waals surface area contributed by atoms with Crippen LogP contribution in [0.5, 0.6) is 5.75 Å². The van der Waals surface area contributed by atoms with Gasteiger partial charge in [0.15, 0.2) is 0 Å². The van der Waals surface area contributed by atoms with Crippen molar-refractivity contribution >= 4 is 33.7 Å². The number of rotatable bonds is 2. The number of phenols is 1. The van der Waals surface area contributed by atoms with Gasteiger partial charge in [0.2, 0.25) is 0 Å². The van der Waals surface area contributed by atoms with Gasteiger partial charge in [-0.15, -0.1) is 5.11 Å². The number of benzene rings is 3. The minimum atomic E-state index is 0.108. The molecule has 0 aliphatic carbocycles. The van der Waals surface area contributed by atoms with Gasteiger partial charge in [0.05, 0.1) is 5.69 Å². The topological polar surface area (TPSA) is 45.0 Å². The molecule has 0 amide bonds. The zero-order chi connectivity index (χ0) is 14.8. The van der Waals surface area contributed by atoms with Gasteiger partial charge >= 0.3 is 0 Å². The van der Waals surface area contributed by atoms with Crippen LogP contribution < -0.4 is 0 Å². The molecule has 0 bridgehead atoms. The third kappa shape index (κ3) is 2.60. The lowest BCUT2D eigenvalue weighted by Gasteiger charge is -2.04. The number of hydrogen-bond donors (Lipinski definition) is 1. The lowest BCUT2D eigenvalue weighted by molar-refractivity contribution is 0.477. The van der Waals surface area contributed by atoms with Crippen LogP contribution in [0.25, 0.3) is 10.8 Å². The van der Waals surface area contributed by atoms with E-state index in [1.807, 2.05) is 55.5 Å². The Balaban J connectivity index is 2.11. The monoisotopic (exact) mass is 296 g/mol. The molecule has 0 radical (unpaired) electrons. The van der Waals surface area contributed by atoms with E-state index in [-0.39, 0.29) is 5.75 Å². The van der Waals surface area contributed by atoms with E-state index in [4.69, 9.17) is 11.6 Å². The maximum Gasteiger partial charge on any atom is 0.143 e. The average molecular weight is 297 g/mol. The minimum Gasteiger partial charge on any atom is -0.506 e. The van der Waals surface area contributed by atoms with E-state index in [2.05, 4.69) is 10.2 Å². The first kappa shape index (κ1) is 13.6. The third-order valence-corrected chi connectivity index (χ3v) is 3.79. The maximum atomic E-state index is 10.0. The van der Waals surface area contributed by atoms with Gasteiger partial charge in [-0.3, -0.25) is 0 Å². The van der Waals surface area contributed by atoms with Gasteiger partial charge in [-0.2, -0.15) is 5.11 Å². The largest absolute Gasteiger partial charge is 0.506 e. The molecule has 0 heterocycles. The molecule has 0 aromatic heterocycles. The van der Waals surface area contributed by atoms with Crippen LogP contribution in [0.15, 0.2) is 64.8 Å². The van der Waals surface area contributed by atoms with Crippen LogP contribution in [0.2, 0.25) is 5.02 Å². The summed E-state index contributed by atoms with van der Waals surface area (Å²) in [5, 5.41) is 21.0.